The summed E-state index contributed by atoms with van der Waals surface area (Å²) >= 11 is 8.27. The minimum absolute atomic E-state index is 0.275. The number of benzene rings is 2. The van der Waals surface area contributed by atoms with Crippen molar-refractivity contribution < 1.29 is 0 Å². The van der Waals surface area contributed by atoms with Crippen molar-refractivity contribution >= 4 is 90.7 Å². The summed E-state index contributed by atoms with van der Waals surface area (Å²) in [7, 11) is -3.56. The number of thiophene rings is 4. The zero-order valence-corrected chi connectivity index (χ0v) is 31.8. The highest BCUT2D eigenvalue weighted by Crippen LogP contribution is 2.52. The van der Waals surface area contributed by atoms with Crippen LogP contribution in [0.2, 0.25) is 36.3 Å². The van der Waals surface area contributed by atoms with Crippen LogP contribution < -0.4 is 9.00 Å². The molecule has 0 N–H and O–H groups in total. The van der Waals surface area contributed by atoms with E-state index >= 15 is 0 Å². The van der Waals surface area contributed by atoms with E-state index in [1.807, 2.05) is 22.7 Å². The molecule has 0 fully saturated rings. The van der Waals surface area contributed by atoms with E-state index < -0.39 is 16.1 Å². The predicted molar refractivity (Wildman–Crippen MR) is 203 cm³/mol. The number of rotatable bonds is 5. The molecule has 0 unspecified atom stereocenters. The molecule has 4 aromatic heterocycles. The monoisotopic (exact) mass is 658 g/mol. The fourth-order valence-electron chi connectivity index (χ4n) is 5.26. The second kappa shape index (κ2) is 10.4. The Morgan fingerprint density at radius 3 is 1.12 bits per heavy atom. The molecule has 0 aliphatic rings. The Kier molecular flexibility index (Phi) is 7.48. The van der Waals surface area contributed by atoms with Crippen LogP contribution >= 0.6 is 45.3 Å². The van der Waals surface area contributed by atoms with Crippen LogP contribution in [0.25, 0.3) is 50.8 Å². The summed E-state index contributed by atoms with van der Waals surface area (Å²) in [5.41, 5.74) is 2.66. The van der Waals surface area contributed by atoms with Gasteiger partial charge in [-0.3, -0.25) is 0 Å². The Hall–Kier alpha value is -1.81. The fourth-order valence-corrected chi connectivity index (χ4v) is 18.0. The molecule has 6 rings (SSSR count). The topological polar surface area (TPSA) is 0 Å². The van der Waals surface area contributed by atoms with Crippen molar-refractivity contribution in [2.24, 2.45) is 0 Å². The first kappa shape index (κ1) is 30.2. The maximum Gasteiger partial charge on any atom is 0.0996 e. The van der Waals surface area contributed by atoms with Crippen molar-refractivity contribution in [3.63, 3.8) is 0 Å². The highest BCUT2D eigenvalue weighted by Gasteiger charge is 2.43. The maximum atomic E-state index is 2.59. The fraction of sp³-hybridized carbons (Fsp3) is 0.333. The standard InChI is InChI=1S/C36H42S4Si2/c1-35(2,3)41(7,8)33-25-21-27(23-17-13-11-14-18-23)37-29(25)31(39-33)32-30-26(34(40-32)42(9,10)36(4,5)6)22-28(38-30)24-19-15-12-16-20-24/h11-22H,1-10H3. The van der Waals surface area contributed by atoms with Crippen LogP contribution in [0.1, 0.15) is 41.5 Å². The summed E-state index contributed by atoms with van der Waals surface area (Å²) < 4.78 is 6.32. The quantitative estimate of drug-likeness (QED) is 0.162. The van der Waals surface area contributed by atoms with Crippen LogP contribution in [0.3, 0.4) is 0 Å². The average molecular weight is 659 g/mol. The summed E-state index contributed by atoms with van der Waals surface area (Å²) in [5, 5.41) is 3.58. The molecular weight excluding hydrogens is 617 g/mol. The van der Waals surface area contributed by atoms with Gasteiger partial charge in [0.2, 0.25) is 0 Å². The third-order valence-electron chi connectivity index (χ3n) is 9.98. The molecule has 0 atom stereocenters. The number of hydrogen-bond acceptors (Lipinski definition) is 4. The first-order valence-electron chi connectivity index (χ1n) is 14.9. The molecule has 6 heteroatoms. The Morgan fingerprint density at radius 2 is 0.810 bits per heavy atom. The number of hydrogen-bond donors (Lipinski definition) is 0. The van der Waals surface area contributed by atoms with Crippen LogP contribution in [0.5, 0.6) is 0 Å². The second-order valence-corrected chi connectivity index (χ2v) is 30.1. The highest BCUT2D eigenvalue weighted by molar-refractivity contribution is 7.41. The summed E-state index contributed by atoms with van der Waals surface area (Å²) in [6.07, 6.45) is 0. The van der Waals surface area contributed by atoms with E-state index in [0.717, 1.165) is 0 Å². The van der Waals surface area contributed by atoms with Gasteiger partial charge in [0.05, 0.1) is 35.3 Å². The lowest BCUT2D eigenvalue weighted by Gasteiger charge is -2.36. The van der Waals surface area contributed by atoms with E-state index in [0.29, 0.717) is 0 Å². The second-order valence-electron chi connectivity index (χ2n) is 14.7. The van der Waals surface area contributed by atoms with E-state index in [4.69, 9.17) is 0 Å². The van der Waals surface area contributed by atoms with Crippen molar-refractivity contribution in [2.75, 3.05) is 0 Å². The third kappa shape index (κ3) is 4.87. The van der Waals surface area contributed by atoms with Gasteiger partial charge in [-0.15, -0.1) is 45.3 Å². The lowest BCUT2D eigenvalue weighted by Crippen LogP contribution is -2.48. The molecule has 42 heavy (non-hydrogen) atoms. The molecule has 0 radical (unpaired) electrons. The minimum Gasteiger partial charge on any atom is -0.142 e. The molecule has 0 saturated heterocycles. The lowest BCUT2D eigenvalue weighted by molar-refractivity contribution is 0.730. The van der Waals surface area contributed by atoms with Crippen molar-refractivity contribution in [1.82, 2.24) is 0 Å². The van der Waals surface area contributed by atoms with Crippen molar-refractivity contribution in [3.05, 3.63) is 72.8 Å². The highest BCUT2D eigenvalue weighted by atomic mass is 32.1. The molecule has 0 aliphatic heterocycles. The van der Waals surface area contributed by atoms with Gasteiger partial charge < -0.3 is 0 Å². The van der Waals surface area contributed by atoms with Gasteiger partial charge in [0.15, 0.2) is 0 Å². The molecule has 6 aromatic rings. The van der Waals surface area contributed by atoms with E-state index in [1.54, 1.807) is 9.00 Å². The molecule has 4 heterocycles. The zero-order valence-electron chi connectivity index (χ0n) is 26.6. The molecule has 0 bridgehead atoms. The van der Waals surface area contributed by atoms with Gasteiger partial charge in [-0.25, -0.2) is 0 Å². The van der Waals surface area contributed by atoms with E-state index in [1.165, 1.54) is 50.8 Å². The predicted octanol–water partition coefficient (Wildman–Crippen LogP) is 12.7. The van der Waals surface area contributed by atoms with E-state index in [2.05, 4.69) is 163 Å². The Labute approximate surface area is 270 Å². The third-order valence-corrected chi connectivity index (χ3v) is 28.8. The van der Waals surface area contributed by atoms with Crippen molar-refractivity contribution in [2.45, 2.75) is 77.8 Å². The average Bonchev–Trinajstić information content (AvgIpc) is 3.68. The first-order chi connectivity index (χ1) is 19.6. The van der Waals surface area contributed by atoms with E-state index in [-0.39, 0.29) is 10.1 Å². The normalized spacial score (nSPS) is 13.5. The summed E-state index contributed by atoms with van der Waals surface area (Å²) in [4.78, 5) is 5.81. The molecule has 0 saturated carbocycles. The molecule has 0 spiro atoms. The van der Waals surface area contributed by atoms with Crippen LogP contribution in [-0.4, -0.2) is 16.1 Å². The smallest absolute Gasteiger partial charge is 0.0996 e. The summed E-state index contributed by atoms with van der Waals surface area (Å²) in [5.74, 6) is 0. The van der Waals surface area contributed by atoms with Crippen molar-refractivity contribution in [1.29, 1.82) is 0 Å². The van der Waals surface area contributed by atoms with Gasteiger partial charge in [0, 0.05) is 20.5 Å². The van der Waals surface area contributed by atoms with Crippen LogP contribution in [0, 0.1) is 0 Å². The molecule has 0 amide bonds. The molecule has 2 aromatic carbocycles. The molecular formula is C36H42S4Si2. The van der Waals surface area contributed by atoms with Gasteiger partial charge in [0.25, 0.3) is 0 Å². The molecule has 218 valence electrons. The maximum absolute atomic E-state index is 2.59. The first-order valence-corrected chi connectivity index (χ1v) is 24.1. The van der Waals surface area contributed by atoms with Gasteiger partial charge in [-0.05, 0) is 42.3 Å². The SMILES string of the molecule is CC(C)(C)[Si](C)(C)c1sc(-c2sc([Si](C)(C)C(C)(C)C)c3cc(-c4ccccc4)sc23)c2sc(-c3ccccc3)cc12. The van der Waals surface area contributed by atoms with Crippen LogP contribution in [0.15, 0.2) is 72.8 Å². The van der Waals surface area contributed by atoms with Gasteiger partial charge in [-0.1, -0.05) is 128 Å². The summed E-state index contributed by atoms with van der Waals surface area (Å²) in [6, 6.07) is 27.0. The number of fused-ring (bicyclic) bond motifs is 2. The Balaban J connectivity index is 1.68. The van der Waals surface area contributed by atoms with Crippen molar-refractivity contribution in [3.8, 4) is 30.6 Å². The van der Waals surface area contributed by atoms with Crippen LogP contribution in [-0.2, 0) is 0 Å². The minimum atomic E-state index is -1.78. The summed E-state index contributed by atoms with van der Waals surface area (Å²) in [6.45, 7) is 25.1. The lowest BCUT2D eigenvalue weighted by atomic mass is 10.2. The van der Waals surface area contributed by atoms with Gasteiger partial charge in [-0.2, -0.15) is 0 Å². The largest absolute Gasteiger partial charge is 0.142 e. The molecule has 0 aliphatic carbocycles. The zero-order chi connectivity index (χ0) is 30.2. The van der Waals surface area contributed by atoms with Gasteiger partial charge >= 0.3 is 0 Å². The van der Waals surface area contributed by atoms with Gasteiger partial charge in [0.1, 0.15) is 0 Å². The van der Waals surface area contributed by atoms with Crippen LogP contribution in [0.4, 0.5) is 0 Å². The Morgan fingerprint density at radius 1 is 0.476 bits per heavy atom. The van der Waals surface area contributed by atoms with E-state index in [9.17, 15) is 0 Å². The molecule has 0 nitrogen and oxygen atoms in total. The Bertz CT molecular complexity index is 1740.